The molecule has 22 heavy (non-hydrogen) atoms. The number of hydrogen-bond donors (Lipinski definition) is 2. The second-order valence-corrected chi connectivity index (χ2v) is 5.57. The number of carboxylic acids is 1. The van der Waals surface area contributed by atoms with Crippen molar-refractivity contribution in [2.45, 2.75) is 25.8 Å². The molecule has 0 aromatic heterocycles. The quantitative estimate of drug-likeness (QED) is 0.894. The molecule has 1 heterocycles. The van der Waals surface area contributed by atoms with Crippen LogP contribution in [0.1, 0.15) is 31.4 Å². The molecule has 2 N–H and O–H groups in total. The lowest BCUT2D eigenvalue weighted by molar-refractivity contribution is -0.143. The number of urea groups is 1. The summed E-state index contributed by atoms with van der Waals surface area (Å²) in [7, 11) is 1.60. The van der Waals surface area contributed by atoms with Gasteiger partial charge in [-0.2, -0.15) is 0 Å². The summed E-state index contributed by atoms with van der Waals surface area (Å²) in [6.07, 6.45) is 1.35. The minimum absolute atomic E-state index is 0.173. The maximum atomic E-state index is 12.3. The SMILES string of the molecule is COc1cccc(C(C)NC(=O)N2CCCC(C(=O)O)C2)c1. The average Bonchev–Trinajstić information content (AvgIpc) is 2.54. The zero-order valence-electron chi connectivity index (χ0n) is 12.9. The number of piperidine rings is 1. The van der Waals surface area contributed by atoms with Crippen molar-refractivity contribution in [1.82, 2.24) is 10.2 Å². The van der Waals surface area contributed by atoms with Crippen molar-refractivity contribution < 1.29 is 19.4 Å². The number of methoxy groups -OCH3 is 1. The number of carboxylic acid groups (broad SMARTS) is 1. The van der Waals surface area contributed by atoms with Gasteiger partial charge in [0.25, 0.3) is 0 Å². The molecule has 1 fully saturated rings. The Hall–Kier alpha value is -2.24. The van der Waals surface area contributed by atoms with Crippen LogP contribution in [0, 0.1) is 5.92 Å². The molecule has 0 saturated carbocycles. The lowest BCUT2D eigenvalue weighted by Gasteiger charge is -2.31. The van der Waals surface area contributed by atoms with E-state index in [1.54, 1.807) is 12.0 Å². The monoisotopic (exact) mass is 306 g/mol. The molecule has 1 aromatic carbocycles. The number of aliphatic carboxylic acids is 1. The number of carbonyl (C=O) groups is 2. The lowest BCUT2D eigenvalue weighted by Crippen LogP contribution is -2.47. The Labute approximate surface area is 130 Å². The van der Waals surface area contributed by atoms with E-state index in [1.165, 1.54) is 0 Å². The predicted molar refractivity (Wildman–Crippen MR) is 81.9 cm³/mol. The Morgan fingerprint density at radius 1 is 1.45 bits per heavy atom. The third-order valence-corrected chi connectivity index (χ3v) is 3.99. The number of carbonyl (C=O) groups excluding carboxylic acids is 1. The molecule has 0 aliphatic carbocycles. The number of rotatable bonds is 4. The van der Waals surface area contributed by atoms with Crippen LogP contribution in [0.3, 0.4) is 0 Å². The molecule has 2 rings (SSSR count). The number of hydrogen-bond acceptors (Lipinski definition) is 3. The van der Waals surface area contributed by atoms with Gasteiger partial charge in [0.05, 0.1) is 19.1 Å². The first-order valence-electron chi connectivity index (χ1n) is 7.43. The van der Waals surface area contributed by atoms with E-state index in [1.807, 2.05) is 31.2 Å². The fraction of sp³-hybridized carbons (Fsp3) is 0.500. The van der Waals surface area contributed by atoms with Gasteiger partial charge in [-0.25, -0.2) is 4.79 Å². The Balaban J connectivity index is 1.97. The summed E-state index contributed by atoms with van der Waals surface area (Å²) in [5.74, 6) is -0.563. The van der Waals surface area contributed by atoms with Crippen molar-refractivity contribution in [2.75, 3.05) is 20.2 Å². The molecule has 0 radical (unpaired) electrons. The minimum Gasteiger partial charge on any atom is -0.497 e. The third-order valence-electron chi connectivity index (χ3n) is 3.99. The van der Waals surface area contributed by atoms with E-state index in [0.29, 0.717) is 13.0 Å². The van der Waals surface area contributed by atoms with Crippen LogP contribution in [-0.4, -0.2) is 42.2 Å². The molecule has 0 bridgehead atoms. The Kier molecular flexibility index (Phi) is 5.25. The van der Waals surface area contributed by atoms with E-state index in [4.69, 9.17) is 9.84 Å². The van der Waals surface area contributed by atoms with Gasteiger partial charge in [-0.15, -0.1) is 0 Å². The van der Waals surface area contributed by atoms with Crippen molar-refractivity contribution >= 4 is 12.0 Å². The molecule has 0 spiro atoms. The zero-order chi connectivity index (χ0) is 16.1. The largest absolute Gasteiger partial charge is 0.497 e. The Morgan fingerprint density at radius 3 is 2.91 bits per heavy atom. The van der Waals surface area contributed by atoms with Crippen molar-refractivity contribution in [3.63, 3.8) is 0 Å². The summed E-state index contributed by atoms with van der Waals surface area (Å²) in [6, 6.07) is 7.12. The summed E-state index contributed by atoms with van der Waals surface area (Å²) in [5.41, 5.74) is 0.944. The summed E-state index contributed by atoms with van der Waals surface area (Å²) < 4.78 is 5.18. The van der Waals surface area contributed by atoms with Crippen molar-refractivity contribution in [1.29, 1.82) is 0 Å². The number of benzene rings is 1. The van der Waals surface area contributed by atoms with Crippen LogP contribution in [0.2, 0.25) is 0 Å². The topological polar surface area (TPSA) is 78.9 Å². The summed E-state index contributed by atoms with van der Waals surface area (Å²) in [6.45, 7) is 2.76. The summed E-state index contributed by atoms with van der Waals surface area (Å²) >= 11 is 0. The van der Waals surface area contributed by atoms with E-state index in [2.05, 4.69) is 5.32 Å². The van der Waals surface area contributed by atoms with E-state index < -0.39 is 11.9 Å². The molecule has 2 atom stereocenters. The van der Waals surface area contributed by atoms with Crippen LogP contribution < -0.4 is 10.1 Å². The van der Waals surface area contributed by atoms with Gasteiger partial charge in [-0.1, -0.05) is 12.1 Å². The highest BCUT2D eigenvalue weighted by atomic mass is 16.5. The molecule has 6 nitrogen and oxygen atoms in total. The fourth-order valence-corrected chi connectivity index (χ4v) is 2.63. The van der Waals surface area contributed by atoms with Gasteiger partial charge in [-0.3, -0.25) is 4.79 Å². The van der Waals surface area contributed by atoms with Crippen molar-refractivity contribution in [3.8, 4) is 5.75 Å². The number of nitrogens with zero attached hydrogens (tertiary/aromatic N) is 1. The molecule has 120 valence electrons. The molecular formula is C16H22N2O4. The summed E-state index contributed by atoms with van der Waals surface area (Å²) in [5, 5.41) is 12.0. The predicted octanol–water partition coefficient (Wildman–Crippen LogP) is 2.26. The van der Waals surface area contributed by atoms with Gasteiger partial charge >= 0.3 is 12.0 Å². The fourth-order valence-electron chi connectivity index (χ4n) is 2.63. The van der Waals surface area contributed by atoms with E-state index >= 15 is 0 Å². The van der Waals surface area contributed by atoms with E-state index in [0.717, 1.165) is 17.7 Å². The van der Waals surface area contributed by atoms with Crippen molar-refractivity contribution in [2.24, 2.45) is 5.92 Å². The molecule has 2 unspecified atom stereocenters. The number of likely N-dealkylation sites (tertiary alicyclic amines) is 1. The second-order valence-electron chi connectivity index (χ2n) is 5.57. The molecule has 1 aliphatic heterocycles. The van der Waals surface area contributed by atoms with Crippen LogP contribution in [0.4, 0.5) is 4.79 Å². The van der Waals surface area contributed by atoms with Crippen LogP contribution in [0.25, 0.3) is 0 Å². The molecular weight excluding hydrogens is 284 g/mol. The maximum Gasteiger partial charge on any atom is 0.317 e. The maximum absolute atomic E-state index is 12.3. The van der Waals surface area contributed by atoms with E-state index in [9.17, 15) is 9.59 Å². The lowest BCUT2D eigenvalue weighted by atomic mass is 9.98. The first kappa shape index (κ1) is 16.1. The number of ether oxygens (including phenoxy) is 1. The van der Waals surface area contributed by atoms with Crippen LogP contribution >= 0.6 is 0 Å². The molecule has 1 aliphatic rings. The summed E-state index contributed by atoms with van der Waals surface area (Å²) in [4.78, 5) is 24.9. The zero-order valence-corrected chi connectivity index (χ0v) is 12.9. The standard InChI is InChI=1S/C16H22N2O4/c1-11(12-5-3-7-14(9-12)22-2)17-16(21)18-8-4-6-13(10-18)15(19)20/h3,5,7,9,11,13H,4,6,8,10H2,1-2H3,(H,17,21)(H,19,20). The Morgan fingerprint density at radius 2 is 2.23 bits per heavy atom. The first-order chi connectivity index (χ1) is 10.5. The Bertz CT molecular complexity index is 547. The molecule has 6 heteroatoms. The van der Waals surface area contributed by atoms with Crippen LogP contribution in [0.5, 0.6) is 5.75 Å². The van der Waals surface area contributed by atoms with Gasteiger partial charge < -0.3 is 20.1 Å². The highest BCUT2D eigenvalue weighted by molar-refractivity contribution is 5.77. The van der Waals surface area contributed by atoms with Crippen LogP contribution in [-0.2, 0) is 4.79 Å². The highest BCUT2D eigenvalue weighted by Gasteiger charge is 2.28. The first-order valence-corrected chi connectivity index (χ1v) is 7.43. The third kappa shape index (κ3) is 3.90. The molecule has 1 aromatic rings. The van der Waals surface area contributed by atoms with Gasteiger partial charge in [0, 0.05) is 13.1 Å². The van der Waals surface area contributed by atoms with Crippen molar-refractivity contribution in [3.05, 3.63) is 29.8 Å². The smallest absolute Gasteiger partial charge is 0.317 e. The minimum atomic E-state index is -0.835. The second kappa shape index (κ2) is 7.15. The highest BCUT2D eigenvalue weighted by Crippen LogP contribution is 2.20. The number of nitrogens with one attached hydrogen (secondary N) is 1. The normalized spacial score (nSPS) is 19.4. The molecule has 1 saturated heterocycles. The number of amides is 2. The molecule has 2 amide bonds. The van der Waals surface area contributed by atoms with Gasteiger partial charge in [0.2, 0.25) is 0 Å². The van der Waals surface area contributed by atoms with Gasteiger partial charge in [0.15, 0.2) is 0 Å². The van der Waals surface area contributed by atoms with Gasteiger partial charge in [-0.05, 0) is 37.5 Å². The van der Waals surface area contributed by atoms with Crippen LogP contribution in [0.15, 0.2) is 24.3 Å². The average molecular weight is 306 g/mol. The van der Waals surface area contributed by atoms with Gasteiger partial charge in [0.1, 0.15) is 5.75 Å². The van der Waals surface area contributed by atoms with E-state index in [-0.39, 0.29) is 18.6 Å².